The van der Waals surface area contributed by atoms with Crippen LogP contribution in [0, 0.1) is 0 Å². The van der Waals surface area contributed by atoms with Crippen molar-refractivity contribution in [1.82, 2.24) is 5.32 Å². The summed E-state index contributed by atoms with van der Waals surface area (Å²) in [6.45, 7) is 4.35. The monoisotopic (exact) mass is 333 g/mol. The maximum Gasteiger partial charge on any atom is 0.119 e. The van der Waals surface area contributed by atoms with Crippen molar-refractivity contribution in [2.24, 2.45) is 0 Å². The number of ether oxygens (including phenoxy) is 1. The summed E-state index contributed by atoms with van der Waals surface area (Å²) in [6, 6.07) is 17.0. The Balaban J connectivity index is 2.11. The predicted molar refractivity (Wildman–Crippen MR) is 87.1 cm³/mol. The molecule has 0 aromatic heterocycles. The van der Waals surface area contributed by atoms with Gasteiger partial charge in [-0.15, -0.1) is 0 Å². The van der Waals surface area contributed by atoms with Gasteiger partial charge in [-0.05, 0) is 43.2 Å². The largest absolute Gasteiger partial charge is 0.497 e. The summed E-state index contributed by atoms with van der Waals surface area (Å²) in [5.41, 5.74) is 2.49. The highest BCUT2D eigenvalue weighted by Crippen LogP contribution is 2.26. The van der Waals surface area contributed by atoms with Gasteiger partial charge in [0, 0.05) is 16.6 Å². The Morgan fingerprint density at radius 1 is 1.00 bits per heavy atom. The van der Waals surface area contributed by atoms with Crippen molar-refractivity contribution < 1.29 is 4.74 Å². The molecule has 0 fully saturated rings. The summed E-state index contributed by atoms with van der Waals surface area (Å²) in [7, 11) is 1.70. The van der Waals surface area contributed by atoms with Crippen molar-refractivity contribution in [3.63, 3.8) is 0 Å². The van der Waals surface area contributed by atoms with Crippen LogP contribution in [0.1, 0.15) is 37.1 Å². The second-order valence-corrected chi connectivity index (χ2v) is 5.76. The Labute approximate surface area is 129 Å². The zero-order chi connectivity index (χ0) is 14.5. The van der Waals surface area contributed by atoms with Gasteiger partial charge in [-0.3, -0.25) is 0 Å². The Morgan fingerprint density at radius 2 is 1.75 bits per heavy atom. The fraction of sp³-hybridized carbons (Fsp3) is 0.294. The zero-order valence-electron chi connectivity index (χ0n) is 12.1. The summed E-state index contributed by atoms with van der Waals surface area (Å²) < 4.78 is 6.42. The van der Waals surface area contributed by atoms with E-state index in [1.165, 1.54) is 11.1 Å². The molecule has 0 aliphatic rings. The van der Waals surface area contributed by atoms with E-state index < -0.39 is 0 Å². The van der Waals surface area contributed by atoms with Crippen LogP contribution in [-0.2, 0) is 0 Å². The predicted octanol–water partition coefficient (Wildman–Crippen LogP) is 4.87. The van der Waals surface area contributed by atoms with Crippen LogP contribution < -0.4 is 10.1 Å². The Morgan fingerprint density at radius 3 is 2.45 bits per heavy atom. The van der Waals surface area contributed by atoms with Crippen molar-refractivity contribution in [2.45, 2.75) is 25.9 Å². The molecule has 2 aromatic rings. The molecular formula is C17H20BrNO. The van der Waals surface area contributed by atoms with Crippen molar-refractivity contribution >= 4 is 15.9 Å². The Kier molecular flexibility index (Phi) is 5.21. The van der Waals surface area contributed by atoms with Gasteiger partial charge in [0.2, 0.25) is 0 Å². The van der Waals surface area contributed by atoms with E-state index in [0.717, 1.165) is 10.2 Å². The lowest BCUT2D eigenvalue weighted by Gasteiger charge is -2.22. The van der Waals surface area contributed by atoms with Crippen LogP contribution in [0.15, 0.2) is 53.0 Å². The van der Waals surface area contributed by atoms with E-state index in [2.05, 4.69) is 65.4 Å². The number of hydrogen-bond donors (Lipinski definition) is 1. The fourth-order valence-electron chi connectivity index (χ4n) is 2.30. The number of methoxy groups -OCH3 is 1. The maximum absolute atomic E-state index is 5.28. The number of hydrogen-bond acceptors (Lipinski definition) is 2. The molecule has 0 bridgehead atoms. The molecule has 3 heteroatoms. The molecule has 0 heterocycles. The SMILES string of the molecule is COc1cccc([C@@H](C)NC(C)c2ccccc2Br)c1. The van der Waals surface area contributed by atoms with Crippen molar-refractivity contribution in [1.29, 1.82) is 0 Å². The van der Waals surface area contributed by atoms with Crippen molar-refractivity contribution in [3.8, 4) is 5.75 Å². The minimum Gasteiger partial charge on any atom is -0.497 e. The van der Waals surface area contributed by atoms with Crippen LogP contribution >= 0.6 is 15.9 Å². The van der Waals surface area contributed by atoms with E-state index in [1.807, 2.05) is 18.2 Å². The third-order valence-electron chi connectivity index (χ3n) is 3.47. The van der Waals surface area contributed by atoms with Gasteiger partial charge in [0.25, 0.3) is 0 Å². The standard InChI is InChI=1S/C17H20BrNO/c1-12(14-7-6-8-15(11-14)20-3)19-13(2)16-9-4-5-10-17(16)18/h4-13,19H,1-3H3/t12-,13?/m1/s1. The molecule has 0 saturated heterocycles. The van der Waals surface area contributed by atoms with Gasteiger partial charge < -0.3 is 10.1 Å². The van der Waals surface area contributed by atoms with E-state index >= 15 is 0 Å². The summed E-state index contributed by atoms with van der Waals surface area (Å²) in [5, 5.41) is 3.62. The van der Waals surface area contributed by atoms with E-state index in [1.54, 1.807) is 7.11 Å². The van der Waals surface area contributed by atoms with Crippen LogP contribution in [0.3, 0.4) is 0 Å². The topological polar surface area (TPSA) is 21.3 Å². The van der Waals surface area contributed by atoms with Crippen molar-refractivity contribution in [2.75, 3.05) is 7.11 Å². The van der Waals surface area contributed by atoms with Crippen LogP contribution in [0.25, 0.3) is 0 Å². The van der Waals surface area contributed by atoms with Gasteiger partial charge in [-0.2, -0.15) is 0 Å². The van der Waals surface area contributed by atoms with Gasteiger partial charge in [-0.25, -0.2) is 0 Å². The minimum absolute atomic E-state index is 0.257. The number of rotatable bonds is 5. The number of halogens is 1. The fourth-order valence-corrected chi connectivity index (χ4v) is 2.93. The van der Waals surface area contributed by atoms with Crippen LogP contribution in [0.5, 0.6) is 5.75 Å². The smallest absolute Gasteiger partial charge is 0.119 e. The Hall–Kier alpha value is -1.32. The van der Waals surface area contributed by atoms with Gasteiger partial charge >= 0.3 is 0 Å². The van der Waals surface area contributed by atoms with E-state index in [-0.39, 0.29) is 12.1 Å². The molecule has 2 atom stereocenters. The molecule has 0 aliphatic carbocycles. The molecule has 0 radical (unpaired) electrons. The first-order chi connectivity index (χ1) is 9.61. The number of benzene rings is 2. The second-order valence-electron chi connectivity index (χ2n) is 4.91. The quantitative estimate of drug-likeness (QED) is 0.842. The van der Waals surface area contributed by atoms with Gasteiger partial charge in [0.1, 0.15) is 5.75 Å². The first kappa shape index (κ1) is 15.1. The van der Waals surface area contributed by atoms with E-state index in [0.29, 0.717) is 0 Å². The molecule has 2 nitrogen and oxygen atoms in total. The molecule has 0 aliphatic heterocycles. The van der Waals surface area contributed by atoms with Gasteiger partial charge in [0.05, 0.1) is 7.11 Å². The highest BCUT2D eigenvalue weighted by molar-refractivity contribution is 9.10. The van der Waals surface area contributed by atoms with Gasteiger partial charge in [-0.1, -0.05) is 46.3 Å². The first-order valence-corrected chi connectivity index (χ1v) is 7.55. The number of nitrogens with one attached hydrogen (secondary N) is 1. The molecule has 20 heavy (non-hydrogen) atoms. The average molecular weight is 334 g/mol. The average Bonchev–Trinajstić information content (AvgIpc) is 2.47. The summed E-state index contributed by atoms with van der Waals surface area (Å²) in [6.07, 6.45) is 0. The van der Waals surface area contributed by atoms with Crippen molar-refractivity contribution in [3.05, 3.63) is 64.1 Å². The molecule has 1 unspecified atom stereocenters. The second kappa shape index (κ2) is 6.91. The molecule has 0 amide bonds. The summed E-state index contributed by atoms with van der Waals surface area (Å²) >= 11 is 3.61. The molecular weight excluding hydrogens is 314 g/mol. The molecule has 0 spiro atoms. The third kappa shape index (κ3) is 3.62. The molecule has 106 valence electrons. The van der Waals surface area contributed by atoms with Crippen LogP contribution in [0.2, 0.25) is 0 Å². The first-order valence-electron chi connectivity index (χ1n) is 6.76. The zero-order valence-corrected chi connectivity index (χ0v) is 13.6. The molecule has 0 saturated carbocycles. The molecule has 2 rings (SSSR count). The Bertz CT molecular complexity index is 570. The highest BCUT2D eigenvalue weighted by Gasteiger charge is 2.13. The lowest BCUT2D eigenvalue weighted by Crippen LogP contribution is -2.22. The van der Waals surface area contributed by atoms with Crippen LogP contribution in [0.4, 0.5) is 0 Å². The normalized spacial score (nSPS) is 13.8. The summed E-state index contributed by atoms with van der Waals surface area (Å²) in [5.74, 6) is 0.893. The third-order valence-corrected chi connectivity index (χ3v) is 4.19. The minimum atomic E-state index is 0.257. The summed E-state index contributed by atoms with van der Waals surface area (Å²) in [4.78, 5) is 0. The lowest BCUT2D eigenvalue weighted by atomic mass is 10.0. The van der Waals surface area contributed by atoms with E-state index in [4.69, 9.17) is 4.74 Å². The molecule has 1 N–H and O–H groups in total. The maximum atomic E-state index is 5.28. The lowest BCUT2D eigenvalue weighted by molar-refractivity contribution is 0.412. The van der Waals surface area contributed by atoms with E-state index in [9.17, 15) is 0 Å². The van der Waals surface area contributed by atoms with Crippen LogP contribution in [-0.4, -0.2) is 7.11 Å². The highest BCUT2D eigenvalue weighted by atomic mass is 79.9. The van der Waals surface area contributed by atoms with Gasteiger partial charge in [0.15, 0.2) is 0 Å². The molecule has 2 aromatic carbocycles.